The second-order valence-corrected chi connectivity index (χ2v) is 13.5. The molecule has 1 aromatic heterocycles. The Hall–Kier alpha value is -6.92. The number of aromatic nitrogens is 1. The molecule has 0 bridgehead atoms. The van der Waals surface area contributed by atoms with Gasteiger partial charge in [-0.2, -0.15) is 0 Å². The smallest absolute Gasteiger partial charge is 0.338 e. The molecule has 12 heteroatoms. The van der Waals surface area contributed by atoms with Gasteiger partial charge in [0.25, 0.3) is 11.5 Å². The van der Waals surface area contributed by atoms with E-state index in [1.54, 1.807) is 48.2 Å². The number of benzene rings is 5. The van der Waals surface area contributed by atoms with Gasteiger partial charge in [0.2, 0.25) is 0 Å². The summed E-state index contributed by atoms with van der Waals surface area (Å²) >= 11 is 1.16. The number of amides is 1. The van der Waals surface area contributed by atoms with E-state index in [-0.39, 0.29) is 36.2 Å². The average molecular weight is 768 g/mol. The highest BCUT2D eigenvalue weighted by Gasteiger charge is 2.35. The molecule has 1 aliphatic heterocycles. The highest BCUT2D eigenvalue weighted by Crippen LogP contribution is 2.38. The van der Waals surface area contributed by atoms with Crippen molar-refractivity contribution in [3.05, 3.63) is 169 Å². The molecule has 0 saturated carbocycles. The molecule has 2 heterocycles. The quantitative estimate of drug-likeness (QED) is 0.142. The minimum Gasteiger partial charge on any atom is -0.504 e. The van der Waals surface area contributed by atoms with Crippen LogP contribution in [0.5, 0.6) is 23.0 Å². The lowest BCUT2D eigenvalue weighted by Crippen LogP contribution is -2.40. The zero-order valence-electron chi connectivity index (χ0n) is 30.7. The first-order valence-corrected chi connectivity index (χ1v) is 18.5. The molecule has 6 aromatic rings. The maximum absolute atomic E-state index is 14.4. The molecular weight excluding hydrogens is 731 g/mol. The highest BCUT2D eigenvalue weighted by atomic mass is 32.1. The lowest BCUT2D eigenvalue weighted by Gasteiger charge is -2.26. The SMILES string of the molecule is CCOC(=O)C1=C(c2ccccc2)N=c2s/c(=C/c3ccc(OCC(=O)N(c4ccccc4)c4ccccc4)c(OC)c3)c(=O)n2[C@H]1c1ccc(O)c(OC)c1. The molecule has 7 rings (SSSR count). The van der Waals surface area contributed by atoms with Gasteiger partial charge >= 0.3 is 5.97 Å². The van der Waals surface area contributed by atoms with Crippen molar-refractivity contribution in [3.63, 3.8) is 0 Å². The van der Waals surface area contributed by atoms with Crippen LogP contribution in [0, 0.1) is 0 Å². The lowest BCUT2D eigenvalue weighted by molar-refractivity contribution is -0.138. The van der Waals surface area contributed by atoms with Crippen LogP contribution in [0.25, 0.3) is 11.8 Å². The molecule has 1 amide bonds. The number of anilines is 2. The van der Waals surface area contributed by atoms with E-state index in [1.165, 1.54) is 24.9 Å². The molecule has 5 aromatic carbocycles. The molecule has 0 aliphatic carbocycles. The summed E-state index contributed by atoms with van der Waals surface area (Å²) in [4.78, 5) is 48.7. The minimum atomic E-state index is -0.966. The fraction of sp³-hybridized carbons (Fsp3) is 0.136. The van der Waals surface area contributed by atoms with E-state index in [2.05, 4.69) is 0 Å². The molecule has 56 heavy (non-hydrogen) atoms. The molecule has 1 aliphatic rings. The Kier molecular flexibility index (Phi) is 11.1. The number of phenolic OH excluding ortho intramolecular Hbond substituents is 1. The van der Waals surface area contributed by atoms with Crippen molar-refractivity contribution in [2.24, 2.45) is 4.99 Å². The number of methoxy groups -OCH3 is 2. The monoisotopic (exact) mass is 767 g/mol. The molecular formula is C44H37N3O8S. The Morgan fingerprint density at radius 1 is 0.821 bits per heavy atom. The normalized spacial score (nSPS) is 13.7. The number of hydrogen-bond donors (Lipinski definition) is 1. The first kappa shape index (κ1) is 37.4. The maximum atomic E-state index is 14.4. The summed E-state index contributed by atoms with van der Waals surface area (Å²) in [5.74, 6) is -0.133. The topological polar surface area (TPSA) is 129 Å². The number of nitrogens with zero attached hydrogens (tertiary/aromatic N) is 3. The van der Waals surface area contributed by atoms with Crippen LogP contribution < -0.4 is 34.0 Å². The van der Waals surface area contributed by atoms with Gasteiger partial charge in [-0.25, -0.2) is 9.79 Å². The van der Waals surface area contributed by atoms with Crippen LogP contribution in [0.15, 0.2) is 143 Å². The van der Waals surface area contributed by atoms with Crippen LogP contribution in [0.3, 0.4) is 0 Å². The molecule has 0 radical (unpaired) electrons. The maximum Gasteiger partial charge on any atom is 0.338 e. The van der Waals surface area contributed by atoms with E-state index in [4.69, 9.17) is 23.9 Å². The second kappa shape index (κ2) is 16.6. The minimum absolute atomic E-state index is 0.0935. The van der Waals surface area contributed by atoms with Crippen LogP contribution in [-0.4, -0.2) is 49.0 Å². The number of carbonyl (C=O) groups is 2. The predicted octanol–water partition coefficient (Wildman–Crippen LogP) is 6.40. The van der Waals surface area contributed by atoms with Crippen molar-refractivity contribution in [2.45, 2.75) is 13.0 Å². The largest absolute Gasteiger partial charge is 0.504 e. The second-order valence-electron chi connectivity index (χ2n) is 12.5. The molecule has 282 valence electrons. The molecule has 0 saturated heterocycles. The van der Waals surface area contributed by atoms with Crippen molar-refractivity contribution in [2.75, 3.05) is 32.3 Å². The molecule has 11 nitrogen and oxygen atoms in total. The van der Waals surface area contributed by atoms with Crippen molar-refractivity contribution in [1.29, 1.82) is 0 Å². The zero-order chi connectivity index (χ0) is 39.2. The third-order valence-electron chi connectivity index (χ3n) is 9.01. The number of esters is 1. The number of ether oxygens (including phenoxy) is 4. The Balaban J connectivity index is 1.27. The molecule has 0 spiro atoms. The third-order valence-corrected chi connectivity index (χ3v) is 9.99. The number of aromatic hydroxyl groups is 1. The summed E-state index contributed by atoms with van der Waals surface area (Å²) in [5.41, 5.74) is 3.34. The molecule has 1 N–H and O–H groups in total. The Bertz CT molecular complexity index is 2560. The van der Waals surface area contributed by atoms with Gasteiger partial charge in [-0.3, -0.25) is 19.1 Å². The van der Waals surface area contributed by atoms with Crippen LogP contribution in [-0.2, 0) is 14.3 Å². The number of rotatable bonds is 12. The van der Waals surface area contributed by atoms with Crippen LogP contribution in [0.4, 0.5) is 11.4 Å². The summed E-state index contributed by atoms with van der Waals surface area (Å²) in [6.07, 6.45) is 1.71. The van der Waals surface area contributed by atoms with Crippen LogP contribution >= 0.6 is 11.3 Å². The Morgan fingerprint density at radius 3 is 2.09 bits per heavy atom. The number of phenols is 1. The van der Waals surface area contributed by atoms with Gasteiger partial charge in [0.15, 0.2) is 34.4 Å². The summed E-state index contributed by atoms with van der Waals surface area (Å²) in [6, 6.07) is 36.8. The summed E-state index contributed by atoms with van der Waals surface area (Å²) in [6.45, 7) is 1.54. The summed E-state index contributed by atoms with van der Waals surface area (Å²) < 4.78 is 24.4. The van der Waals surface area contributed by atoms with Crippen LogP contribution in [0.2, 0.25) is 0 Å². The van der Waals surface area contributed by atoms with Crippen molar-refractivity contribution < 1.29 is 33.6 Å². The lowest BCUT2D eigenvalue weighted by atomic mass is 9.93. The van der Waals surface area contributed by atoms with Gasteiger partial charge < -0.3 is 24.1 Å². The average Bonchev–Trinajstić information content (AvgIpc) is 3.54. The Morgan fingerprint density at radius 2 is 1.46 bits per heavy atom. The standard InChI is InChI=1S/C44H37N3O8S/c1-4-54-43(51)39-40(29-14-8-5-9-15-29)45-44-47(41(39)30-21-22-33(48)35(26-30)52-2)42(50)37(56-44)25-28-20-23-34(36(24-28)53-3)55-27-38(49)46(31-16-10-6-11-17-31)32-18-12-7-13-19-32/h5-26,41,48H,4,27H2,1-3H3/b37-25+/t41-/m0/s1. The van der Waals surface area contributed by atoms with Gasteiger partial charge in [0, 0.05) is 16.9 Å². The highest BCUT2D eigenvalue weighted by molar-refractivity contribution is 7.07. The van der Waals surface area contributed by atoms with E-state index in [0.29, 0.717) is 54.6 Å². The molecule has 1 atom stereocenters. The summed E-state index contributed by atoms with van der Waals surface area (Å²) in [7, 11) is 2.92. The van der Waals surface area contributed by atoms with E-state index in [0.717, 1.165) is 11.3 Å². The zero-order valence-corrected chi connectivity index (χ0v) is 31.6. The van der Waals surface area contributed by atoms with Crippen molar-refractivity contribution in [1.82, 2.24) is 4.57 Å². The third kappa shape index (κ3) is 7.55. The fourth-order valence-electron chi connectivity index (χ4n) is 6.46. The first-order chi connectivity index (χ1) is 27.3. The van der Waals surface area contributed by atoms with Gasteiger partial charge in [-0.05, 0) is 72.7 Å². The number of para-hydroxylation sites is 2. The number of fused-ring (bicyclic) bond motifs is 1. The van der Waals surface area contributed by atoms with E-state index >= 15 is 0 Å². The number of carbonyl (C=O) groups excluding carboxylic acids is 2. The Labute approximate surface area is 326 Å². The fourth-order valence-corrected chi connectivity index (χ4v) is 7.46. The predicted molar refractivity (Wildman–Crippen MR) is 214 cm³/mol. The van der Waals surface area contributed by atoms with Crippen molar-refractivity contribution >= 4 is 46.4 Å². The molecule has 0 unspecified atom stereocenters. The van der Waals surface area contributed by atoms with Gasteiger partial charge in [0.1, 0.15) is 0 Å². The van der Waals surface area contributed by atoms with Crippen LogP contribution in [0.1, 0.15) is 29.7 Å². The summed E-state index contributed by atoms with van der Waals surface area (Å²) in [5, 5.41) is 10.4. The van der Waals surface area contributed by atoms with Gasteiger partial charge in [-0.15, -0.1) is 0 Å². The van der Waals surface area contributed by atoms with E-state index in [9.17, 15) is 19.5 Å². The van der Waals surface area contributed by atoms with Gasteiger partial charge in [0.05, 0.1) is 42.7 Å². The van der Waals surface area contributed by atoms with Gasteiger partial charge in [-0.1, -0.05) is 90.2 Å². The van der Waals surface area contributed by atoms with E-state index in [1.807, 2.05) is 91.0 Å². The van der Waals surface area contributed by atoms with E-state index < -0.39 is 17.6 Å². The van der Waals surface area contributed by atoms with Crippen molar-refractivity contribution in [3.8, 4) is 23.0 Å². The molecule has 0 fully saturated rings. The number of thiazole rings is 1. The number of hydrogen-bond acceptors (Lipinski definition) is 10. The first-order valence-electron chi connectivity index (χ1n) is 17.7.